The van der Waals surface area contributed by atoms with E-state index in [-0.39, 0.29) is 0 Å². The topological polar surface area (TPSA) is 74.6 Å². The lowest BCUT2D eigenvalue weighted by atomic mass is 9.90. The predicted molar refractivity (Wildman–Crippen MR) is 263 cm³/mol. The van der Waals surface area contributed by atoms with Crippen LogP contribution in [0.1, 0.15) is 307 Å². The van der Waals surface area contributed by atoms with Crippen molar-refractivity contribution in [1.29, 1.82) is 0 Å². The van der Waals surface area contributed by atoms with Gasteiger partial charge in [-0.15, -0.1) is 0 Å². The summed E-state index contributed by atoms with van der Waals surface area (Å²) >= 11 is 0. The SMILES string of the molecule is CCCCCCCCCCCCCCCCc1cccc(CCCCCCCCCCCCCCCC)c1CCCCCCCCCCCCCCCC.O=S(=O)(O)O. The summed E-state index contributed by atoms with van der Waals surface area (Å²) < 4.78 is 31.6. The molecular weight excluding hydrogens is 745 g/mol. The van der Waals surface area contributed by atoms with E-state index in [1.54, 1.807) is 16.7 Å². The van der Waals surface area contributed by atoms with Crippen molar-refractivity contribution in [2.24, 2.45) is 0 Å². The Morgan fingerprint density at radius 1 is 0.305 bits per heavy atom. The third-order valence-corrected chi connectivity index (χ3v) is 12.7. The summed E-state index contributed by atoms with van der Waals surface area (Å²) in [5.74, 6) is 0. The number of rotatable bonds is 45. The van der Waals surface area contributed by atoms with Gasteiger partial charge in [0.1, 0.15) is 0 Å². The summed E-state index contributed by atoms with van der Waals surface area (Å²) in [6.45, 7) is 6.96. The number of hydrogen-bond donors (Lipinski definition) is 2. The maximum atomic E-state index is 8.74. The zero-order valence-corrected chi connectivity index (χ0v) is 41.0. The maximum Gasteiger partial charge on any atom is 0.394 e. The van der Waals surface area contributed by atoms with Gasteiger partial charge in [-0.3, -0.25) is 9.11 Å². The van der Waals surface area contributed by atoms with E-state index in [9.17, 15) is 0 Å². The van der Waals surface area contributed by atoms with E-state index in [1.165, 1.54) is 289 Å². The van der Waals surface area contributed by atoms with Gasteiger partial charge in [-0.05, 0) is 55.2 Å². The van der Waals surface area contributed by atoms with Crippen LogP contribution in [0.3, 0.4) is 0 Å². The zero-order chi connectivity index (χ0) is 43.2. The Hall–Kier alpha value is -0.910. The highest BCUT2D eigenvalue weighted by Gasteiger charge is 2.09. The van der Waals surface area contributed by atoms with Gasteiger partial charge in [0.25, 0.3) is 0 Å². The molecule has 0 saturated carbocycles. The van der Waals surface area contributed by atoms with Crippen LogP contribution < -0.4 is 0 Å². The number of hydrogen-bond acceptors (Lipinski definition) is 2. The lowest BCUT2D eigenvalue weighted by molar-refractivity contribution is 0.381. The highest BCUT2D eigenvalue weighted by molar-refractivity contribution is 7.79. The summed E-state index contributed by atoms with van der Waals surface area (Å²) in [7, 11) is -4.67. The second-order valence-corrected chi connectivity index (χ2v) is 19.4. The standard InChI is InChI=1S/C54H102.H2O4S/c1-4-7-10-13-16-19-22-25-28-31-34-37-40-43-47-52-49-46-50-53(48-44-41-38-35-32-29-26-23-20-17-14-11-8-5-2)54(52)51-45-42-39-36-33-30-27-24-21-18-15-12-9-6-3;1-5(2,3)4/h46,49-50H,4-45,47-48,51H2,1-3H3;(H2,1,2,3,4). The monoisotopic (exact) mass is 849 g/mol. The second-order valence-electron chi connectivity index (χ2n) is 18.5. The molecule has 0 radical (unpaired) electrons. The number of benzene rings is 1. The van der Waals surface area contributed by atoms with E-state index in [4.69, 9.17) is 17.5 Å². The van der Waals surface area contributed by atoms with Crippen molar-refractivity contribution in [3.63, 3.8) is 0 Å². The average Bonchev–Trinajstić information content (AvgIpc) is 3.21. The molecular formula is C54H104O4S. The van der Waals surface area contributed by atoms with Crippen LogP contribution in [0.5, 0.6) is 0 Å². The van der Waals surface area contributed by atoms with Gasteiger partial charge < -0.3 is 0 Å². The molecule has 0 fully saturated rings. The van der Waals surface area contributed by atoms with Crippen LogP contribution in [-0.4, -0.2) is 17.5 Å². The lowest BCUT2D eigenvalue weighted by Crippen LogP contribution is -2.02. The molecule has 0 spiro atoms. The first-order valence-corrected chi connectivity index (χ1v) is 28.0. The van der Waals surface area contributed by atoms with E-state index in [0.717, 1.165) is 0 Å². The van der Waals surface area contributed by atoms with Gasteiger partial charge in [-0.1, -0.05) is 289 Å². The van der Waals surface area contributed by atoms with E-state index < -0.39 is 10.4 Å². The minimum absolute atomic E-state index is 1.32. The summed E-state index contributed by atoms with van der Waals surface area (Å²) in [6, 6.07) is 7.43. The molecule has 0 unspecified atom stereocenters. The van der Waals surface area contributed by atoms with E-state index in [2.05, 4.69) is 39.0 Å². The fourth-order valence-electron chi connectivity index (χ4n) is 8.99. The molecule has 0 aromatic heterocycles. The van der Waals surface area contributed by atoms with Gasteiger partial charge in [-0.2, -0.15) is 8.42 Å². The predicted octanol–water partition coefficient (Wildman–Crippen LogP) is 19.1. The molecule has 0 amide bonds. The minimum Gasteiger partial charge on any atom is -0.264 e. The third kappa shape index (κ3) is 46.4. The van der Waals surface area contributed by atoms with Gasteiger partial charge in [0, 0.05) is 0 Å². The number of aryl methyl sites for hydroxylation is 2. The van der Waals surface area contributed by atoms with Crippen LogP contribution >= 0.6 is 0 Å². The van der Waals surface area contributed by atoms with Crippen molar-refractivity contribution in [1.82, 2.24) is 0 Å². The first-order chi connectivity index (χ1) is 28.8. The Morgan fingerprint density at radius 3 is 0.678 bits per heavy atom. The van der Waals surface area contributed by atoms with Crippen molar-refractivity contribution in [3.8, 4) is 0 Å². The van der Waals surface area contributed by atoms with E-state index >= 15 is 0 Å². The zero-order valence-electron chi connectivity index (χ0n) is 40.2. The largest absolute Gasteiger partial charge is 0.394 e. The minimum atomic E-state index is -4.67. The normalized spacial score (nSPS) is 11.6. The molecule has 350 valence electrons. The highest BCUT2D eigenvalue weighted by Crippen LogP contribution is 2.24. The molecule has 2 N–H and O–H groups in total. The summed E-state index contributed by atoms with van der Waals surface area (Å²) in [4.78, 5) is 0. The van der Waals surface area contributed by atoms with Gasteiger partial charge in [0.05, 0.1) is 0 Å². The molecule has 0 aliphatic heterocycles. The average molecular weight is 849 g/mol. The third-order valence-electron chi connectivity index (χ3n) is 12.7. The molecule has 0 aliphatic rings. The lowest BCUT2D eigenvalue weighted by Gasteiger charge is -2.16. The molecule has 0 aliphatic carbocycles. The molecule has 0 saturated heterocycles. The van der Waals surface area contributed by atoms with Gasteiger partial charge in [0.2, 0.25) is 0 Å². The van der Waals surface area contributed by atoms with Crippen molar-refractivity contribution in [2.45, 2.75) is 310 Å². The molecule has 0 heterocycles. The van der Waals surface area contributed by atoms with Crippen molar-refractivity contribution >= 4 is 10.4 Å². The van der Waals surface area contributed by atoms with Gasteiger partial charge in [-0.25, -0.2) is 0 Å². The molecule has 1 aromatic rings. The summed E-state index contributed by atoms with van der Waals surface area (Å²) in [6.07, 6.45) is 64.9. The molecule has 5 heteroatoms. The van der Waals surface area contributed by atoms with Crippen LogP contribution in [0, 0.1) is 0 Å². The van der Waals surface area contributed by atoms with E-state index in [0.29, 0.717) is 0 Å². The molecule has 59 heavy (non-hydrogen) atoms. The Labute approximate surface area is 371 Å². The molecule has 0 bridgehead atoms. The van der Waals surface area contributed by atoms with Crippen LogP contribution in [0.2, 0.25) is 0 Å². The molecule has 1 rings (SSSR count). The first kappa shape index (κ1) is 58.1. The van der Waals surface area contributed by atoms with Crippen molar-refractivity contribution < 1.29 is 17.5 Å². The number of unbranched alkanes of at least 4 members (excludes halogenated alkanes) is 39. The first-order valence-electron chi connectivity index (χ1n) is 26.6. The Balaban J connectivity index is 0.00000631. The Kier molecular flexibility index (Phi) is 45.9. The smallest absolute Gasteiger partial charge is 0.264 e. The van der Waals surface area contributed by atoms with Gasteiger partial charge in [0.15, 0.2) is 0 Å². The molecule has 4 nitrogen and oxygen atoms in total. The molecule has 1 aromatic carbocycles. The quantitative estimate of drug-likeness (QED) is 0.0506. The van der Waals surface area contributed by atoms with Crippen LogP contribution in [-0.2, 0) is 29.7 Å². The fourth-order valence-corrected chi connectivity index (χ4v) is 8.99. The Morgan fingerprint density at radius 2 is 0.475 bits per heavy atom. The highest BCUT2D eigenvalue weighted by atomic mass is 32.3. The van der Waals surface area contributed by atoms with Gasteiger partial charge >= 0.3 is 10.4 Å². The summed E-state index contributed by atoms with van der Waals surface area (Å²) in [5, 5.41) is 0. The summed E-state index contributed by atoms with van der Waals surface area (Å²) in [5.41, 5.74) is 5.21. The maximum absolute atomic E-state index is 8.74. The van der Waals surface area contributed by atoms with E-state index in [1.807, 2.05) is 0 Å². The van der Waals surface area contributed by atoms with Crippen molar-refractivity contribution in [3.05, 3.63) is 34.9 Å². The van der Waals surface area contributed by atoms with Crippen LogP contribution in [0.25, 0.3) is 0 Å². The van der Waals surface area contributed by atoms with Crippen molar-refractivity contribution in [2.75, 3.05) is 0 Å². The van der Waals surface area contributed by atoms with Crippen LogP contribution in [0.4, 0.5) is 0 Å². The molecule has 0 atom stereocenters. The fraction of sp³-hybridized carbons (Fsp3) is 0.889. The van der Waals surface area contributed by atoms with Crippen LogP contribution in [0.15, 0.2) is 18.2 Å². The second kappa shape index (κ2) is 46.6. The Bertz CT molecular complexity index is 1010.